The minimum absolute atomic E-state index is 0. The van der Waals surface area contributed by atoms with Crippen LogP contribution in [0.25, 0.3) is 0 Å². The molecule has 156 valence electrons. The average Bonchev–Trinajstić information content (AvgIpc) is 2.82. The Morgan fingerprint density at radius 2 is 1.79 bits per heavy atom. The van der Waals surface area contributed by atoms with Crippen molar-refractivity contribution in [1.29, 1.82) is 0 Å². The predicted octanol–water partition coefficient (Wildman–Crippen LogP) is 1.90. The lowest BCUT2D eigenvalue weighted by Crippen LogP contribution is -2.12. The molecule has 1 heterocycles. The Morgan fingerprint density at radius 1 is 1.10 bits per heavy atom. The van der Waals surface area contributed by atoms with E-state index < -0.39 is 11.9 Å². The summed E-state index contributed by atoms with van der Waals surface area (Å²) in [5.41, 5.74) is 1.86. The number of benzene rings is 2. The molecule has 3 rings (SSSR count). The van der Waals surface area contributed by atoms with Gasteiger partial charge in [-0.25, -0.2) is 9.59 Å². The fraction of sp³-hybridized carbons (Fsp3) is 0.250. The molecule has 29 heavy (non-hydrogen) atoms. The molecule has 0 fully saturated rings. The summed E-state index contributed by atoms with van der Waals surface area (Å²) in [4.78, 5) is 32.8. The highest BCUT2D eigenvalue weighted by atomic mass is 32.2. The Hall–Kier alpha value is -2.88. The van der Waals surface area contributed by atoms with Gasteiger partial charge in [0.25, 0.3) is 0 Å². The molecule has 1 aliphatic rings. The largest absolute Gasteiger partial charge is 0.492 e. The van der Waals surface area contributed by atoms with E-state index in [2.05, 4.69) is 11.4 Å². The zero-order valence-electron chi connectivity index (χ0n) is 15.8. The molecule has 0 bridgehead atoms. The highest BCUT2D eigenvalue weighted by Crippen LogP contribution is 2.42. The van der Waals surface area contributed by atoms with Crippen molar-refractivity contribution in [3.8, 4) is 5.75 Å². The number of rotatable bonds is 5. The third-order valence-electron chi connectivity index (χ3n) is 3.83. The van der Waals surface area contributed by atoms with Gasteiger partial charge in [0.15, 0.2) is 5.78 Å². The van der Waals surface area contributed by atoms with Crippen LogP contribution in [0.1, 0.15) is 22.3 Å². The van der Waals surface area contributed by atoms with E-state index in [-0.39, 0.29) is 11.3 Å². The lowest BCUT2D eigenvalue weighted by Gasteiger charge is -2.13. The molecule has 1 aliphatic heterocycles. The van der Waals surface area contributed by atoms with Crippen molar-refractivity contribution in [3.05, 3.63) is 53.6 Å². The number of ketones is 1. The highest BCUT2D eigenvalue weighted by Gasteiger charge is 2.22. The first-order valence-corrected chi connectivity index (χ1v) is 9.41. The van der Waals surface area contributed by atoms with E-state index >= 15 is 0 Å². The molecule has 0 amide bonds. The molecule has 0 aliphatic carbocycles. The molecule has 0 unspecified atom stereocenters. The number of ether oxygens (including phenoxy) is 1. The summed E-state index contributed by atoms with van der Waals surface area (Å²) < 4.78 is 5.91. The third kappa shape index (κ3) is 6.90. The molecular weight excluding hydrogens is 398 g/mol. The number of nitrogens with one attached hydrogen (secondary N) is 1. The molecule has 0 saturated carbocycles. The van der Waals surface area contributed by atoms with Gasteiger partial charge in [-0.15, -0.1) is 0 Å². The van der Waals surface area contributed by atoms with Crippen LogP contribution in [0, 0.1) is 0 Å². The van der Waals surface area contributed by atoms with E-state index in [0.717, 1.165) is 39.6 Å². The molecular formula is C20H23NO7S. The van der Waals surface area contributed by atoms with Crippen LogP contribution in [-0.2, 0) is 16.0 Å². The summed E-state index contributed by atoms with van der Waals surface area (Å²) in [6.45, 7) is 1.57. The van der Waals surface area contributed by atoms with Crippen LogP contribution in [0.4, 0.5) is 0 Å². The number of carboxylic acids is 2. The Labute approximate surface area is 172 Å². The van der Waals surface area contributed by atoms with Gasteiger partial charge in [-0.3, -0.25) is 4.79 Å². The number of fused-ring (bicyclic) bond motifs is 2. The van der Waals surface area contributed by atoms with Crippen molar-refractivity contribution in [2.45, 2.75) is 22.6 Å². The quantitative estimate of drug-likeness (QED) is 0.490. The van der Waals surface area contributed by atoms with Gasteiger partial charge in [0, 0.05) is 16.9 Å². The van der Waals surface area contributed by atoms with Crippen molar-refractivity contribution in [1.82, 2.24) is 5.32 Å². The smallest absolute Gasteiger partial charge is 0.414 e. The second kappa shape index (κ2) is 11.8. The summed E-state index contributed by atoms with van der Waals surface area (Å²) in [7, 11) is 1.93. The standard InChI is InChI=1S/C18H19NO2S.C2H2O4.H2O/c1-19-10-5-11-21-16-8-4-7-14-15(20)12-13-6-2-3-9-17(13)22-18(14)16;3-1(4)2(5)6;/h2-4,6-9,19H,5,10-12H2,1H3;(H,3,4)(H,5,6);1H2. The average molecular weight is 421 g/mol. The van der Waals surface area contributed by atoms with Crippen LogP contribution in [0.5, 0.6) is 5.75 Å². The molecule has 0 radical (unpaired) electrons. The number of hydrogen-bond donors (Lipinski definition) is 3. The zero-order chi connectivity index (χ0) is 20.5. The first kappa shape index (κ1) is 24.2. The minimum Gasteiger partial charge on any atom is -0.492 e. The fourth-order valence-electron chi connectivity index (χ4n) is 2.51. The first-order valence-electron chi connectivity index (χ1n) is 8.59. The van der Waals surface area contributed by atoms with E-state index in [1.54, 1.807) is 11.8 Å². The van der Waals surface area contributed by atoms with Crippen LogP contribution >= 0.6 is 11.8 Å². The molecule has 0 saturated heterocycles. The van der Waals surface area contributed by atoms with Gasteiger partial charge < -0.3 is 25.7 Å². The van der Waals surface area contributed by atoms with E-state index in [9.17, 15) is 4.79 Å². The topological polar surface area (TPSA) is 144 Å². The van der Waals surface area contributed by atoms with Gasteiger partial charge in [0.1, 0.15) is 5.75 Å². The van der Waals surface area contributed by atoms with Crippen LogP contribution in [-0.4, -0.2) is 53.6 Å². The minimum atomic E-state index is -1.82. The molecule has 0 atom stereocenters. The second-order valence-corrected chi connectivity index (χ2v) is 6.91. The van der Waals surface area contributed by atoms with Gasteiger partial charge in [-0.1, -0.05) is 36.0 Å². The second-order valence-electron chi connectivity index (χ2n) is 5.86. The monoisotopic (exact) mass is 421 g/mol. The predicted molar refractivity (Wildman–Crippen MR) is 108 cm³/mol. The Kier molecular flexibility index (Phi) is 9.87. The number of carbonyl (C=O) groups is 3. The van der Waals surface area contributed by atoms with Gasteiger partial charge in [-0.05, 0) is 43.8 Å². The van der Waals surface area contributed by atoms with Gasteiger partial charge in [-0.2, -0.15) is 0 Å². The van der Waals surface area contributed by atoms with Crippen molar-refractivity contribution >= 4 is 29.5 Å². The SMILES string of the molecule is CNCCCOc1cccc2c1Sc1ccccc1CC2=O.O.O=C(O)C(=O)O. The van der Waals surface area contributed by atoms with E-state index in [1.807, 2.05) is 43.4 Å². The molecule has 9 heteroatoms. The number of Topliss-reactive ketones (excluding diaryl/α,β-unsaturated/α-hetero) is 1. The van der Waals surface area contributed by atoms with Gasteiger partial charge in [0.05, 0.1) is 11.5 Å². The van der Waals surface area contributed by atoms with Crippen LogP contribution < -0.4 is 10.1 Å². The Bertz CT molecular complexity index is 858. The maximum Gasteiger partial charge on any atom is 0.414 e. The molecule has 5 N–H and O–H groups in total. The number of carbonyl (C=O) groups excluding carboxylic acids is 1. The maximum atomic E-state index is 12.5. The van der Waals surface area contributed by atoms with Gasteiger partial charge in [0.2, 0.25) is 0 Å². The molecule has 2 aromatic carbocycles. The Balaban J connectivity index is 0.000000529. The summed E-state index contributed by atoms with van der Waals surface area (Å²) in [5, 5.41) is 17.9. The van der Waals surface area contributed by atoms with Crippen molar-refractivity contribution < 1.29 is 34.8 Å². The lowest BCUT2D eigenvalue weighted by molar-refractivity contribution is -0.159. The summed E-state index contributed by atoms with van der Waals surface area (Å²) in [6, 6.07) is 13.8. The summed E-state index contributed by atoms with van der Waals surface area (Å²) in [5.74, 6) is -2.68. The third-order valence-corrected chi connectivity index (χ3v) is 5.07. The normalized spacial score (nSPS) is 11.6. The van der Waals surface area contributed by atoms with Crippen molar-refractivity contribution in [2.75, 3.05) is 20.2 Å². The van der Waals surface area contributed by atoms with Crippen molar-refractivity contribution in [2.24, 2.45) is 0 Å². The number of aliphatic carboxylic acids is 2. The summed E-state index contributed by atoms with van der Waals surface area (Å²) >= 11 is 1.64. The highest BCUT2D eigenvalue weighted by molar-refractivity contribution is 7.99. The van der Waals surface area contributed by atoms with E-state index in [4.69, 9.17) is 24.5 Å². The van der Waals surface area contributed by atoms with Crippen molar-refractivity contribution in [3.63, 3.8) is 0 Å². The van der Waals surface area contributed by atoms with Crippen LogP contribution in [0.2, 0.25) is 0 Å². The van der Waals surface area contributed by atoms with Gasteiger partial charge >= 0.3 is 11.9 Å². The lowest BCUT2D eigenvalue weighted by atomic mass is 10.0. The van der Waals surface area contributed by atoms with Crippen LogP contribution in [0.15, 0.2) is 52.3 Å². The summed E-state index contributed by atoms with van der Waals surface area (Å²) in [6.07, 6.45) is 1.40. The van der Waals surface area contributed by atoms with Crippen LogP contribution in [0.3, 0.4) is 0 Å². The first-order chi connectivity index (χ1) is 13.4. The molecule has 0 aromatic heterocycles. The fourth-order valence-corrected chi connectivity index (χ4v) is 3.67. The number of hydrogen-bond acceptors (Lipinski definition) is 6. The Morgan fingerprint density at radius 3 is 2.45 bits per heavy atom. The molecule has 8 nitrogen and oxygen atoms in total. The zero-order valence-corrected chi connectivity index (χ0v) is 16.6. The number of carboxylic acid groups (broad SMARTS) is 2. The van der Waals surface area contributed by atoms with E-state index in [1.165, 1.54) is 0 Å². The molecule has 2 aromatic rings. The maximum absolute atomic E-state index is 12.5. The molecule has 0 spiro atoms. The van der Waals surface area contributed by atoms with E-state index in [0.29, 0.717) is 13.0 Å².